The van der Waals surface area contributed by atoms with Gasteiger partial charge in [0.25, 0.3) is 5.91 Å². The van der Waals surface area contributed by atoms with Crippen LogP contribution < -0.4 is 0 Å². The Kier molecular flexibility index (Phi) is 5.54. The van der Waals surface area contributed by atoms with Gasteiger partial charge in [-0.25, -0.2) is 0 Å². The first-order chi connectivity index (χ1) is 13.7. The minimum absolute atomic E-state index is 0.132. The Hall–Kier alpha value is -2.91. The molecule has 0 radical (unpaired) electrons. The number of nitrogens with zero attached hydrogens (tertiary/aromatic N) is 2. The van der Waals surface area contributed by atoms with Gasteiger partial charge in [0, 0.05) is 31.7 Å². The van der Waals surface area contributed by atoms with Crippen molar-refractivity contribution in [2.45, 2.75) is 13.0 Å². The number of hydrogen-bond donors (Lipinski definition) is 0. The molecular formula is C25H26N2O. The summed E-state index contributed by atoms with van der Waals surface area (Å²) in [6.45, 7) is 5.42. The highest BCUT2D eigenvalue weighted by Gasteiger charge is 2.29. The molecule has 4 rings (SSSR count). The maximum absolute atomic E-state index is 12.8. The lowest BCUT2D eigenvalue weighted by Crippen LogP contribution is -2.50. The van der Waals surface area contributed by atoms with Gasteiger partial charge in [0.05, 0.1) is 6.04 Å². The van der Waals surface area contributed by atoms with Gasteiger partial charge in [0.2, 0.25) is 0 Å². The van der Waals surface area contributed by atoms with E-state index in [-0.39, 0.29) is 11.9 Å². The van der Waals surface area contributed by atoms with Crippen LogP contribution in [-0.2, 0) is 0 Å². The maximum atomic E-state index is 12.8. The van der Waals surface area contributed by atoms with Gasteiger partial charge in [-0.05, 0) is 35.7 Å². The van der Waals surface area contributed by atoms with Crippen LogP contribution in [0, 0.1) is 6.92 Å². The van der Waals surface area contributed by atoms with Crippen LogP contribution in [0.2, 0.25) is 0 Å². The van der Waals surface area contributed by atoms with E-state index in [9.17, 15) is 4.79 Å². The van der Waals surface area contributed by atoms with Crippen molar-refractivity contribution in [3.63, 3.8) is 0 Å². The Morgan fingerprint density at radius 2 is 1.32 bits per heavy atom. The Morgan fingerprint density at radius 3 is 1.96 bits per heavy atom. The molecule has 3 aromatic rings. The smallest absolute Gasteiger partial charge is 0.253 e. The molecule has 0 spiro atoms. The van der Waals surface area contributed by atoms with Crippen molar-refractivity contribution in [3.8, 4) is 0 Å². The van der Waals surface area contributed by atoms with E-state index >= 15 is 0 Å². The van der Waals surface area contributed by atoms with Gasteiger partial charge in [-0.3, -0.25) is 9.69 Å². The minimum Gasteiger partial charge on any atom is -0.336 e. The summed E-state index contributed by atoms with van der Waals surface area (Å²) in [4.78, 5) is 17.3. The second-order valence-corrected chi connectivity index (χ2v) is 7.36. The Balaban J connectivity index is 1.55. The Labute approximate surface area is 167 Å². The van der Waals surface area contributed by atoms with Gasteiger partial charge >= 0.3 is 0 Å². The number of carbonyl (C=O) groups excluding carboxylic acids is 1. The first-order valence-electron chi connectivity index (χ1n) is 9.93. The molecule has 1 heterocycles. The zero-order chi connectivity index (χ0) is 19.3. The second-order valence-electron chi connectivity index (χ2n) is 7.36. The first kappa shape index (κ1) is 18.5. The molecule has 1 fully saturated rings. The third kappa shape index (κ3) is 3.85. The van der Waals surface area contributed by atoms with E-state index < -0.39 is 0 Å². The number of piperazine rings is 1. The molecule has 1 saturated heterocycles. The first-order valence-corrected chi connectivity index (χ1v) is 9.93. The summed E-state index contributed by atoms with van der Waals surface area (Å²) in [5, 5.41) is 0. The SMILES string of the molecule is Cc1ccccc1[C@@H](c1ccccc1)N1CCN(C(=O)c2ccccc2)CC1. The molecule has 1 aliphatic heterocycles. The van der Waals surface area contributed by atoms with Crippen LogP contribution in [-0.4, -0.2) is 41.9 Å². The quantitative estimate of drug-likeness (QED) is 0.673. The fraction of sp³-hybridized carbons (Fsp3) is 0.240. The molecule has 142 valence electrons. The van der Waals surface area contributed by atoms with Crippen LogP contribution in [0.15, 0.2) is 84.9 Å². The molecule has 3 aromatic carbocycles. The van der Waals surface area contributed by atoms with Gasteiger partial charge in [-0.1, -0.05) is 72.8 Å². The van der Waals surface area contributed by atoms with E-state index in [1.54, 1.807) is 0 Å². The predicted octanol–water partition coefficient (Wildman–Crippen LogP) is 4.54. The molecule has 3 nitrogen and oxygen atoms in total. The van der Waals surface area contributed by atoms with Crippen LogP contribution in [0.4, 0.5) is 0 Å². The Morgan fingerprint density at radius 1 is 0.750 bits per heavy atom. The van der Waals surface area contributed by atoms with E-state index in [4.69, 9.17) is 0 Å². The van der Waals surface area contributed by atoms with E-state index in [1.807, 2.05) is 35.2 Å². The van der Waals surface area contributed by atoms with Crippen molar-refractivity contribution in [3.05, 3.63) is 107 Å². The van der Waals surface area contributed by atoms with Crippen LogP contribution >= 0.6 is 0 Å². The summed E-state index contributed by atoms with van der Waals surface area (Å²) >= 11 is 0. The molecule has 1 amide bonds. The van der Waals surface area contributed by atoms with E-state index in [1.165, 1.54) is 16.7 Å². The third-order valence-electron chi connectivity index (χ3n) is 5.59. The highest BCUT2D eigenvalue weighted by molar-refractivity contribution is 5.94. The molecule has 0 saturated carbocycles. The van der Waals surface area contributed by atoms with Gasteiger partial charge in [0.15, 0.2) is 0 Å². The Bertz CT molecular complexity index is 916. The third-order valence-corrected chi connectivity index (χ3v) is 5.59. The highest BCUT2D eigenvalue weighted by atomic mass is 16.2. The van der Waals surface area contributed by atoms with Crippen LogP contribution in [0.1, 0.15) is 33.1 Å². The van der Waals surface area contributed by atoms with Gasteiger partial charge in [0.1, 0.15) is 0 Å². The second kappa shape index (κ2) is 8.41. The zero-order valence-electron chi connectivity index (χ0n) is 16.3. The molecule has 0 aliphatic carbocycles. The number of amides is 1. The largest absolute Gasteiger partial charge is 0.336 e. The fourth-order valence-electron chi connectivity index (χ4n) is 4.06. The summed E-state index contributed by atoms with van der Waals surface area (Å²) in [5.74, 6) is 0.132. The van der Waals surface area contributed by atoms with Crippen molar-refractivity contribution in [2.24, 2.45) is 0 Å². The molecule has 0 unspecified atom stereocenters. The molecule has 3 heteroatoms. The molecule has 1 aliphatic rings. The number of hydrogen-bond acceptors (Lipinski definition) is 2. The lowest BCUT2D eigenvalue weighted by atomic mass is 9.93. The van der Waals surface area contributed by atoms with Gasteiger partial charge in [-0.2, -0.15) is 0 Å². The van der Waals surface area contributed by atoms with Gasteiger partial charge in [-0.15, -0.1) is 0 Å². The molecule has 0 bridgehead atoms. The van der Waals surface area contributed by atoms with Crippen LogP contribution in [0.5, 0.6) is 0 Å². The van der Waals surface area contributed by atoms with Gasteiger partial charge < -0.3 is 4.90 Å². The molecule has 1 atom stereocenters. The number of rotatable bonds is 4. The molecule has 0 aromatic heterocycles. The van der Waals surface area contributed by atoms with Crippen LogP contribution in [0.3, 0.4) is 0 Å². The van der Waals surface area contributed by atoms with Crippen molar-refractivity contribution < 1.29 is 4.79 Å². The molecular weight excluding hydrogens is 344 g/mol. The van der Waals surface area contributed by atoms with Crippen molar-refractivity contribution in [2.75, 3.05) is 26.2 Å². The van der Waals surface area contributed by atoms with Crippen molar-refractivity contribution in [1.29, 1.82) is 0 Å². The lowest BCUT2D eigenvalue weighted by Gasteiger charge is -2.40. The summed E-state index contributed by atoms with van der Waals surface area (Å²) in [6.07, 6.45) is 0. The summed E-state index contributed by atoms with van der Waals surface area (Å²) in [6, 6.07) is 29.1. The topological polar surface area (TPSA) is 23.6 Å². The summed E-state index contributed by atoms with van der Waals surface area (Å²) in [5.41, 5.74) is 4.73. The maximum Gasteiger partial charge on any atom is 0.253 e. The highest BCUT2D eigenvalue weighted by Crippen LogP contribution is 2.31. The summed E-state index contributed by atoms with van der Waals surface area (Å²) in [7, 11) is 0. The minimum atomic E-state index is 0.132. The number of aryl methyl sites for hydroxylation is 1. The summed E-state index contributed by atoms with van der Waals surface area (Å²) < 4.78 is 0. The van der Waals surface area contributed by atoms with E-state index in [0.29, 0.717) is 0 Å². The normalized spacial score (nSPS) is 16.0. The fourth-order valence-corrected chi connectivity index (χ4v) is 4.06. The molecule has 0 N–H and O–H groups in total. The van der Waals surface area contributed by atoms with E-state index in [2.05, 4.69) is 66.4 Å². The van der Waals surface area contributed by atoms with Crippen molar-refractivity contribution in [1.82, 2.24) is 9.80 Å². The predicted molar refractivity (Wildman–Crippen MR) is 113 cm³/mol. The average molecular weight is 370 g/mol. The number of benzene rings is 3. The van der Waals surface area contributed by atoms with E-state index in [0.717, 1.165) is 31.7 Å². The average Bonchev–Trinajstić information content (AvgIpc) is 2.77. The standard InChI is InChI=1S/C25H26N2O/c1-20-10-8-9-15-23(20)24(21-11-4-2-5-12-21)26-16-18-27(19-17-26)25(28)22-13-6-3-7-14-22/h2-15,24H,16-19H2,1H3/t24-/m1/s1. The van der Waals surface area contributed by atoms with Crippen LogP contribution in [0.25, 0.3) is 0 Å². The van der Waals surface area contributed by atoms with Crippen molar-refractivity contribution >= 4 is 5.91 Å². The zero-order valence-corrected chi connectivity index (χ0v) is 16.3. The molecule has 28 heavy (non-hydrogen) atoms. The lowest BCUT2D eigenvalue weighted by molar-refractivity contribution is 0.0597. The number of carbonyl (C=O) groups is 1. The monoisotopic (exact) mass is 370 g/mol.